The molecule has 4 nitrogen and oxygen atoms in total. The molecule has 0 saturated carbocycles. The molecule has 22 heavy (non-hydrogen) atoms. The van der Waals surface area contributed by atoms with Crippen LogP contribution in [0, 0.1) is 6.92 Å². The minimum absolute atomic E-state index is 0.00352. The molecule has 0 spiro atoms. The van der Waals surface area contributed by atoms with Crippen LogP contribution in [0.3, 0.4) is 0 Å². The van der Waals surface area contributed by atoms with Crippen molar-refractivity contribution in [2.24, 2.45) is 0 Å². The Morgan fingerprint density at radius 2 is 1.64 bits per heavy atom. The van der Waals surface area contributed by atoms with E-state index in [0.29, 0.717) is 10.7 Å². The summed E-state index contributed by atoms with van der Waals surface area (Å²) in [5.41, 5.74) is 2.33. The molecular formula is C17H12ClNO3. The Hall–Kier alpha value is -2.59. The minimum atomic E-state index is -0.717. The molecule has 0 N–H and O–H groups in total. The smallest absolute Gasteiger partial charge is 0.404 e. The van der Waals surface area contributed by atoms with Gasteiger partial charge in [0.25, 0.3) is 0 Å². The normalized spacial score (nSPS) is 16.3. The second-order valence-corrected chi connectivity index (χ2v) is 5.34. The fraction of sp³-hybridized carbons (Fsp3) is 0.0588. The van der Waals surface area contributed by atoms with Crippen molar-refractivity contribution in [2.45, 2.75) is 6.92 Å². The van der Waals surface area contributed by atoms with Crippen LogP contribution in [0.15, 0.2) is 54.3 Å². The Labute approximate surface area is 132 Å². The predicted molar refractivity (Wildman–Crippen MR) is 84.6 cm³/mol. The summed E-state index contributed by atoms with van der Waals surface area (Å²) in [4.78, 5) is 25.3. The van der Waals surface area contributed by atoms with E-state index in [1.807, 2.05) is 31.2 Å². The Morgan fingerprint density at radius 1 is 1.00 bits per heavy atom. The number of imide groups is 1. The fourth-order valence-electron chi connectivity index (χ4n) is 2.09. The SMILES string of the molecule is Cc1ccc(/C=C2/OC(=O)N(c3ccc(Cl)cc3)C2=O)cc1. The largest absolute Gasteiger partial charge is 0.427 e. The lowest BCUT2D eigenvalue weighted by Gasteiger charge is -2.09. The van der Waals surface area contributed by atoms with E-state index in [0.717, 1.165) is 16.0 Å². The van der Waals surface area contributed by atoms with Gasteiger partial charge in [-0.25, -0.2) is 9.69 Å². The van der Waals surface area contributed by atoms with Gasteiger partial charge in [0.2, 0.25) is 0 Å². The van der Waals surface area contributed by atoms with Crippen LogP contribution in [0.4, 0.5) is 10.5 Å². The molecule has 3 rings (SSSR count). The molecule has 1 aliphatic rings. The number of halogens is 1. The first-order chi connectivity index (χ1) is 10.5. The maximum Gasteiger partial charge on any atom is 0.427 e. The van der Waals surface area contributed by atoms with Gasteiger partial charge in [0.1, 0.15) is 0 Å². The summed E-state index contributed by atoms with van der Waals surface area (Å²) in [7, 11) is 0. The van der Waals surface area contributed by atoms with Gasteiger partial charge >= 0.3 is 12.0 Å². The minimum Gasteiger partial charge on any atom is -0.404 e. The fourth-order valence-corrected chi connectivity index (χ4v) is 2.22. The van der Waals surface area contributed by atoms with Gasteiger partial charge in [-0.1, -0.05) is 41.4 Å². The highest BCUT2D eigenvalue weighted by atomic mass is 35.5. The molecule has 0 aromatic heterocycles. The molecule has 0 unspecified atom stereocenters. The molecule has 0 radical (unpaired) electrons. The molecular weight excluding hydrogens is 302 g/mol. The molecule has 0 atom stereocenters. The molecule has 1 aliphatic heterocycles. The number of hydrogen-bond acceptors (Lipinski definition) is 3. The second kappa shape index (κ2) is 5.66. The summed E-state index contributed by atoms with van der Waals surface area (Å²) in [5.74, 6) is -0.489. The number of ether oxygens (including phenoxy) is 1. The third-order valence-corrected chi connectivity index (χ3v) is 3.51. The number of carbonyl (C=O) groups is 2. The first-order valence-electron chi connectivity index (χ1n) is 6.65. The van der Waals surface area contributed by atoms with E-state index in [4.69, 9.17) is 16.3 Å². The summed E-state index contributed by atoms with van der Waals surface area (Å²) in [6.45, 7) is 1.97. The number of aryl methyl sites for hydroxylation is 1. The molecule has 0 bridgehead atoms. The molecule has 2 aromatic rings. The number of anilines is 1. The van der Waals surface area contributed by atoms with Gasteiger partial charge in [-0.2, -0.15) is 0 Å². The summed E-state index contributed by atoms with van der Waals surface area (Å²) >= 11 is 5.81. The summed E-state index contributed by atoms with van der Waals surface area (Å²) in [6, 6.07) is 14.0. The maximum atomic E-state index is 12.4. The number of benzene rings is 2. The van der Waals surface area contributed by atoms with Gasteiger partial charge in [0.15, 0.2) is 5.76 Å². The van der Waals surface area contributed by atoms with Gasteiger partial charge in [-0.05, 0) is 42.8 Å². The van der Waals surface area contributed by atoms with Crippen LogP contribution in [-0.4, -0.2) is 12.0 Å². The lowest BCUT2D eigenvalue weighted by molar-refractivity contribution is -0.114. The van der Waals surface area contributed by atoms with Crippen LogP contribution in [-0.2, 0) is 9.53 Å². The quantitative estimate of drug-likeness (QED) is 0.782. The van der Waals surface area contributed by atoms with Crippen LogP contribution in [0.2, 0.25) is 5.02 Å². The van der Waals surface area contributed by atoms with Gasteiger partial charge in [0.05, 0.1) is 5.69 Å². The van der Waals surface area contributed by atoms with Crippen LogP contribution < -0.4 is 4.90 Å². The summed E-state index contributed by atoms with van der Waals surface area (Å²) in [6.07, 6.45) is 0.834. The van der Waals surface area contributed by atoms with Gasteiger partial charge in [-0.3, -0.25) is 4.79 Å². The van der Waals surface area contributed by atoms with Crippen molar-refractivity contribution in [3.05, 3.63) is 70.4 Å². The molecule has 5 heteroatoms. The molecule has 1 fully saturated rings. The summed E-state index contributed by atoms with van der Waals surface area (Å²) in [5, 5.41) is 0.527. The first-order valence-corrected chi connectivity index (χ1v) is 7.02. The van der Waals surface area contributed by atoms with Crippen molar-refractivity contribution in [1.29, 1.82) is 0 Å². The average Bonchev–Trinajstić information content (AvgIpc) is 2.77. The van der Waals surface area contributed by atoms with Crippen molar-refractivity contribution in [3.8, 4) is 0 Å². The van der Waals surface area contributed by atoms with E-state index in [9.17, 15) is 9.59 Å². The van der Waals surface area contributed by atoms with Crippen LogP contribution in [0.5, 0.6) is 0 Å². The Morgan fingerprint density at radius 3 is 2.27 bits per heavy atom. The lowest BCUT2D eigenvalue weighted by Crippen LogP contribution is -2.28. The van der Waals surface area contributed by atoms with Crippen molar-refractivity contribution in [1.82, 2.24) is 0 Å². The second-order valence-electron chi connectivity index (χ2n) is 4.90. The highest BCUT2D eigenvalue weighted by molar-refractivity contribution is 6.31. The number of hydrogen-bond donors (Lipinski definition) is 0. The van der Waals surface area contributed by atoms with Crippen LogP contribution in [0.25, 0.3) is 6.08 Å². The lowest BCUT2D eigenvalue weighted by atomic mass is 10.1. The maximum absolute atomic E-state index is 12.4. The Bertz CT molecular complexity index is 763. The van der Waals surface area contributed by atoms with E-state index in [-0.39, 0.29) is 5.76 Å². The Kier molecular flexibility index (Phi) is 3.69. The third-order valence-electron chi connectivity index (χ3n) is 3.25. The van der Waals surface area contributed by atoms with Crippen LogP contribution in [0.1, 0.15) is 11.1 Å². The van der Waals surface area contributed by atoms with E-state index in [1.165, 1.54) is 0 Å². The molecule has 1 heterocycles. The van der Waals surface area contributed by atoms with E-state index >= 15 is 0 Å². The van der Waals surface area contributed by atoms with Gasteiger partial charge in [-0.15, -0.1) is 0 Å². The highest BCUT2D eigenvalue weighted by Gasteiger charge is 2.37. The number of nitrogens with zero attached hydrogens (tertiary/aromatic N) is 1. The number of rotatable bonds is 2. The van der Waals surface area contributed by atoms with Gasteiger partial charge in [0, 0.05) is 5.02 Å². The predicted octanol–water partition coefficient (Wildman–Crippen LogP) is 4.17. The zero-order valence-electron chi connectivity index (χ0n) is 11.7. The standard InChI is InChI=1S/C17H12ClNO3/c1-11-2-4-12(5-3-11)10-15-16(20)19(17(21)22-15)14-8-6-13(18)7-9-14/h2-10H,1H3/b15-10+. The van der Waals surface area contributed by atoms with E-state index < -0.39 is 12.0 Å². The third kappa shape index (κ3) is 2.73. The average molecular weight is 314 g/mol. The first kappa shape index (κ1) is 14.4. The van der Waals surface area contributed by atoms with Crippen LogP contribution >= 0.6 is 11.6 Å². The monoisotopic (exact) mass is 313 g/mol. The number of carbonyl (C=O) groups excluding carboxylic acids is 2. The zero-order valence-corrected chi connectivity index (χ0v) is 12.5. The van der Waals surface area contributed by atoms with Crippen molar-refractivity contribution in [3.63, 3.8) is 0 Å². The highest BCUT2D eigenvalue weighted by Crippen LogP contribution is 2.27. The molecule has 1 saturated heterocycles. The molecule has 2 aromatic carbocycles. The molecule has 0 aliphatic carbocycles. The Balaban J connectivity index is 1.91. The van der Waals surface area contributed by atoms with E-state index in [1.54, 1.807) is 30.3 Å². The van der Waals surface area contributed by atoms with Gasteiger partial charge < -0.3 is 4.74 Å². The zero-order chi connectivity index (χ0) is 15.7. The number of cyclic esters (lactones) is 1. The number of amides is 2. The molecule has 110 valence electrons. The van der Waals surface area contributed by atoms with Crippen molar-refractivity contribution in [2.75, 3.05) is 4.90 Å². The van der Waals surface area contributed by atoms with Crippen molar-refractivity contribution >= 4 is 35.4 Å². The summed E-state index contributed by atoms with van der Waals surface area (Å²) < 4.78 is 5.07. The molecule has 2 amide bonds. The van der Waals surface area contributed by atoms with Crippen molar-refractivity contribution < 1.29 is 14.3 Å². The van der Waals surface area contributed by atoms with E-state index in [2.05, 4.69) is 0 Å². The topological polar surface area (TPSA) is 46.6 Å².